The molecule has 0 atom stereocenters. The number of amides is 2. The molecule has 0 bridgehead atoms. The van der Waals surface area contributed by atoms with Crippen molar-refractivity contribution in [3.63, 3.8) is 0 Å². The van der Waals surface area contributed by atoms with Crippen LogP contribution in [-0.2, 0) is 10.5 Å². The highest BCUT2D eigenvalue weighted by Gasteiger charge is 2.32. The van der Waals surface area contributed by atoms with Gasteiger partial charge in [0, 0.05) is 28.3 Å². The van der Waals surface area contributed by atoms with Gasteiger partial charge in [0.2, 0.25) is 5.95 Å². The van der Waals surface area contributed by atoms with Crippen molar-refractivity contribution < 1.29 is 27.5 Å². The normalized spacial score (nSPS) is 13.9. The number of aromatic amines is 2. The Morgan fingerprint density at radius 1 is 1.03 bits per heavy atom. The maximum absolute atomic E-state index is 12.6. The molecule has 37 heavy (non-hydrogen) atoms. The summed E-state index contributed by atoms with van der Waals surface area (Å²) in [6.45, 7) is 0. The Bertz CT molecular complexity index is 1510. The molecule has 0 radical (unpaired) electrons. The first-order valence-corrected chi connectivity index (χ1v) is 11.8. The molecule has 5 rings (SSSR count). The van der Waals surface area contributed by atoms with Crippen LogP contribution in [0.1, 0.15) is 27.3 Å². The van der Waals surface area contributed by atoms with Crippen molar-refractivity contribution in [2.24, 2.45) is 0 Å². The van der Waals surface area contributed by atoms with E-state index < -0.39 is 12.3 Å². The third-order valence-corrected chi connectivity index (χ3v) is 6.14. The summed E-state index contributed by atoms with van der Waals surface area (Å²) in [7, 11) is 0. The Morgan fingerprint density at radius 3 is 2.65 bits per heavy atom. The van der Waals surface area contributed by atoms with E-state index in [0.717, 1.165) is 23.0 Å². The zero-order valence-corrected chi connectivity index (χ0v) is 19.5. The van der Waals surface area contributed by atoms with Crippen LogP contribution in [0.15, 0.2) is 65.8 Å². The quantitative estimate of drug-likeness (QED) is 0.197. The minimum absolute atomic E-state index is 0.0610. The molecule has 0 fully saturated rings. The number of fused-ring (bicyclic) bond motifs is 1. The zero-order valence-electron chi connectivity index (χ0n) is 18.7. The summed E-state index contributed by atoms with van der Waals surface area (Å²) in [6, 6.07) is 16.3. The van der Waals surface area contributed by atoms with Gasteiger partial charge >= 0.3 is 6.36 Å². The molecule has 3 heterocycles. The van der Waals surface area contributed by atoms with Gasteiger partial charge in [-0.2, -0.15) is 0 Å². The van der Waals surface area contributed by atoms with Gasteiger partial charge in [-0.15, -0.1) is 23.4 Å². The number of carbonyl (C=O) groups excluding carboxylic acids is 2. The fourth-order valence-electron chi connectivity index (χ4n) is 3.60. The van der Waals surface area contributed by atoms with E-state index >= 15 is 0 Å². The number of thioether (sulfide) groups is 1. The van der Waals surface area contributed by atoms with Crippen molar-refractivity contribution in [1.82, 2.24) is 20.2 Å². The summed E-state index contributed by atoms with van der Waals surface area (Å²) in [4.78, 5) is 30.7. The highest BCUT2D eigenvalue weighted by Crippen LogP contribution is 2.33. The van der Waals surface area contributed by atoms with E-state index in [4.69, 9.17) is 0 Å². The van der Waals surface area contributed by atoms with Gasteiger partial charge in [-0.25, -0.2) is 0 Å². The topological polar surface area (TPSA) is 125 Å². The van der Waals surface area contributed by atoms with E-state index in [1.165, 1.54) is 18.2 Å². The summed E-state index contributed by atoms with van der Waals surface area (Å²) >= 11 is 1.09. The molecule has 9 nitrogen and oxygen atoms in total. The fraction of sp³-hybridized carbons (Fsp3) is 0.0833. The number of nitrogens with one attached hydrogen (secondary N) is 4. The Kier molecular flexibility index (Phi) is 6.44. The predicted octanol–water partition coefficient (Wildman–Crippen LogP) is 5.07. The number of para-hydroxylation sites is 2. The number of aromatic nitrogens is 4. The molecule has 1 aliphatic heterocycles. The van der Waals surface area contributed by atoms with E-state index in [9.17, 15) is 22.8 Å². The lowest BCUT2D eigenvalue weighted by Crippen LogP contribution is -2.18. The molecule has 4 N–H and O–H groups in total. The van der Waals surface area contributed by atoms with Gasteiger partial charge in [-0.3, -0.25) is 14.9 Å². The van der Waals surface area contributed by atoms with Gasteiger partial charge in [0.15, 0.2) is 5.16 Å². The number of rotatable bonds is 7. The first-order chi connectivity index (χ1) is 17.7. The van der Waals surface area contributed by atoms with Gasteiger partial charge in [0.1, 0.15) is 11.4 Å². The maximum Gasteiger partial charge on any atom is 0.573 e. The van der Waals surface area contributed by atoms with Crippen LogP contribution < -0.4 is 15.4 Å². The predicted molar refractivity (Wildman–Crippen MR) is 131 cm³/mol. The molecule has 0 spiro atoms. The van der Waals surface area contributed by atoms with Crippen molar-refractivity contribution in [2.75, 3.05) is 10.6 Å². The molecule has 0 saturated heterocycles. The van der Waals surface area contributed by atoms with Crippen molar-refractivity contribution in [1.29, 1.82) is 0 Å². The smallest absolute Gasteiger partial charge is 0.405 e. The van der Waals surface area contributed by atoms with Gasteiger partial charge in [-0.05, 0) is 30.3 Å². The van der Waals surface area contributed by atoms with Crippen molar-refractivity contribution in [2.45, 2.75) is 17.3 Å². The van der Waals surface area contributed by atoms with Gasteiger partial charge < -0.3 is 20.0 Å². The minimum Gasteiger partial charge on any atom is -0.405 e. The lowest BCUT2D eigenvalue weighted by molar-refractivity contribution is -0.274. The zero-order chi connectivity index (χ0) is 26.0. The highest BCUT2D eigenvalue weighted by atomic mass is 32.2. The average molecular weight is 527 g/mol. The molecule has 2 aromatic carbocycles. The number of ether oxygens (including phenoxy) is 1. The minimum atomic E-state index is -4.80. The van der Waals surface area contributed by atoms with E-state index in [1.54, 1.807) is 30.3 Å². The van der Waals surface area contributed by atoms with E-state index in [1.807, 2.05) is 18.2 Å². The summed E-state index contributed by atoms with van der Waals surface area (Å²) in [5.41, 5.74) is 3.07. The maximum atomic E-state index is 12.6. The molecule has 0 unspecified atom stereocenters. The van der Waals surface area contributed by atoms with E-state index in [0.29, 0.717) is 22.0 Å². The molecule has 188 valence electrons. The molecule has 1 aliphatic rings. The Morgan fingerprint density at radius 2 is 1.81 bits per heavy atom. The number of anilines is 2. The van der Waals surface area contributed by atoms with E-state index in [-0.39, 0.29) is 29.1 Å². The summed E-state index contributed by atoms with van der Waals surface area (Å²) in [6.07, 6.45) is -3.14. The van der Waals surface area contributed by atoms with Crippen LogP contribution in [0, 0.1) is 0 Å². The summed E-state index contributed by atoms with van der Waals surface area (Å²) in [5, 5.41) is 13.4. The third kappa shape index (κ3) is 5.67. The van der Waals surface area contributed by atoms with Crippen LogP contribution in [0.5, 0.6) is 5.75 Å². The van der Waals surface area contributed by atoms with Gasteiger partial charge in [-0.1, -0.05) is 48.2 Å². The summed E-state index contributed by atoms with van der Waals surface area (Å²) in [5.74, 6) is -0.851. The Labute approximate surface area is 211 Å². The number of hydrogen-bond donors (Lipinski definition) is 4. The molecule has 2 amide bonds. The lowest BCUT2D eigenvalue weighted by Gasteiger charge is -2.12. The van der Waals surface area contributed by atoms with Crippen LogP contribution in [-0.4, -0.2) is 38.3 Å². The van der Waals surface area contributed by atoms with Crippen LogP contribution in [0.3, 0.4) is 0 Å². The number of nitrogens with zero attached hydrogens (tertiary/aromatic N) is 2. The number of alkyl halides is 3. The first kappa shape index (κ1) is 24.2. The van der Waals surface area contributed by atoms with Gasteiger partial charge in [0.05, 0.1) is 5.57 Å². The molecular formula is C24H17F3N6O3S. The van der Waals surface area contributed by atoms with Crippen LogP contribution in [0.4, 0.5) is 24.8 Å². The number of carbonyl (C=O) groups is 2. The number of halogens is 3. The monoisotopic (exact) mass is 526 g/mol. The SMILES string of the molecule is O=C1Nc2ccccc2/C1=C/c1ccc(C(=O)Nc2nnc(SCc3ccccc3OC(F)(F)F)[nH]2)[nH]1. The standard InChI is InChI=1S/C24H17F3N6O3S/c25-24(26,27)36-19-8-4-1-5-13(19)12-37-23-31-22(32-33-23)30-21(35)18-10-9-14(28-18)11-16-15-6-2-3-7-17(15)29-20(16)34/h1-11,28H,12H2,(H,29,34)(H2,30,31,32,33,35)/b16-11-. The number of H-pyrrole nitrogens is 2. The first-order valence-electron chi connectivity index (χ1n) is 10.8. The molecule has 0 saturated carbocycles. The van der Waals surface area contributed by atoms with Crippen LogP contribution in [0.25, 0.3) is 11.6 Å². The van der Waals surface area contributed by atoms with Gasteiger partial charge in [0.25, 0.3) is 11.8 Å². The second kappa shape index (κ2) is 9.85. The average Bonchev–Trinajstić information content (AvgIpc) is 3.57. The molecular weight excluding hydrogens is 509 g/mol. The Hall–Kier alpha value is -4.52. The second-order valence-corrected chi connectivity index (χ2v) is 8.73. The van der Waals surface area contributed by atoms with Crippen molar-refractivity contribution >= 4 is 46.9 Å². The fourth-order valence-corrected chi connectivity index (χ4v) is 4.40. The van der Waals surface area contributed by atoms with Crippen molar-refractivity contribution in [3.8, 4) is 5.75 Å². The molecule has 4 aromatic rings. The summed E-state index contributed by atoms with van der Waals surface area (Å²) < 4.78 is 41.9. The molecule has 2 aromatic heterocycles. The molecule has 0 aliphatic carbocycles. The van der Waals surface area contributed by atoms with E-state index in [2.05, 4.69) is 35.5 Å². The number of benzene rings is 2. The largest absolute Gasteiger partial charge is 0.573 e. The third-order valence-electron chi connectivity index (χ3n) is 5.22. The lowest BCUT2D eigenvalue weighted by atomic mass is 10.1. The Balaban J connectivity index is 1.22. The highest BCUT2D eigenvalue weighted by molar-refractivity contribution is 7.98. The number of hydrogen-bond acceptors (Lipinski definition) is 6. The molecule has 13 heteroatoms. The second-order valence-electron chi connectivity index (χ2n) is 7.76. The van der Waals surface area contributed by atoms with Crippen molar-refractivity contribution in [3.05, 3.63) is 83.2 Å². The van der Waals surface area contributed by atoms with Crippen LogP contribution in [0.2, 0.25) is 0 Å². The van der Waals surface area contributed by atoms with Crippen LogP contribution >= 0.6 is 11.8 Å².